The summed E-state index contributed by atoms with van der Waals surface area (Å²) in [5.41, 5.74) is 4.13. The highest BCUT2D eigenvalue weighted by atomic mass is 35.5. The van der Waals surface area contributed by atoms with E-state index in [4.69, 9.17) is 33.2 Å². The topological polar surface area (TPSA) is 82.4 Å². The van der Waals surface area contributed by atoms with Crippen LogP contribution in [-0.2, 0) is 9.59 Å². The Morgan fingerprint density at radius 3 is 1.39 bits per heavy atom. The molecule has 0 saturated carbocycles. The number of benzene rings is 6. The Hall–Kier alpha value is -6.67. The molecule has 0 radical (unpaired) electrons. The average molecular weight is 744 g/mol. The molecule has 54 heavy (non-hydrogen) atoms. The molecule has 8 rings (SSSR count). The van der Waals surface area contributed by atoms with Gasteiger partial charge in [-0.05, 0) is 53.6 Å². The Morgan fingerprint density at radius 2 is 0.907 bits per heavy atom. The van der Waals surface area contributed by atoms with Crippen LogP contribution in [-0.4, -0.2) is 29.3 Å². The highest BCUT2D eigenvalue weighted by molar-refractivity contribution is 6.39. The van der Waals surface area contributed by atoms with Gasteiger partial charge in [-0.1, -0.05) is 151 Å². The fourth-order valence-corrected chi connectivity index (χ4v) is 6.69. The number of ketones is 1. The second-order valence-electron chi connectivity index (χ2n) is 12.4. The maximum atomic E-state index is 14.8. The van der Waals surface area contributed by atoms with Crippen molar-refractivity contribution in [2.75, 3.05) is 9.80 Å². The zero-order valence-corrected chi connectivity index (χ0v) is 29.9. The molecule has 2 heterocycles. The van der Waals surface area contributed by atoms with E-state index >= 15 is 0 Å². The van der Waals surface area contributed by atoms with E-state index in [1.54, 1.807) is 84.9 Å². The number of rotatable bonds is 8. The summed E-state index contributed by atoms with van der Waals surface area (Å²) in [6, 6.07) is 46.7. The van der Waals surface area contributed by atoms with Gasteiger partial charge in [-0.25, -0.2) is 9.98 Å². The summed E-state index contributed by atoms with van der Waals surface area (Å²) in [7, 11) is 0. The van der Waals surface area contributed by atoms with Gasteiger partial charge in [0.2, 0.25) is 0 Å². The van der Waals surface area contributed by atoms with Crippen LogP contribution < -0.4 is 9.80 Å². The molecule has 0 bridgehead atoms. The maximum Gasteiger partial charge on any atom is 0.282 e. The first-order valence-electron chi connectivity index (χ1n) is 17.0. The van der Waals surface area contributed by atoms with Crippen LogP contribution in [0.4, 0.5) is 11.4 Å². The minimum Gasteiger partial charge on any atom is -0.289 e. The molecule has 0 aliphatic carbocycles. The third-order valence-corrected chi connectivity index (χ3v) is 9.62. The summed E-state index contributed by atoms with van der Waals surface area (Å²) in [6.45, 7) is 0. The van der Waals surface area contributed by atoms with Crippen LogP contribution in [0.15, 0.2) is 179 Å². The summed E-state index contributed by atoms with van der Waals surface area (Å²) < 4.78 is 0. The van der Waals surface area contributed by atoms with Crippen molar-refractivity contribution in [3.05, 3.63) is 213 Å². The van der Waals surface area contributed by atoms with Gasteiger partial charge in [0.05, 0.1) is 11.4 Å². The number of nitrogens with zero attached hydrogens (tertiary/aromatic N) is 4. The first-order valence-corrected chi connectivity index (χ1v) is 17.8. The molecule has 9 heteroatoms. The second-order valence-corrected chi connectivity index (χ2v) is 13.2. The SMILES string of the molecule is O=C(c1ccccc1)c1ccc(N2C(=O)/C(=C/c3ccccc3Cl)N=C2c2ccccc2)c(N2C(=O)/C(=C/c3ccccc3Cl)N=C2c2ccccc2)c1. The van der Waals surface area contributed by atoms with Gasteiger partial charge in [-0.15, -0.1) is 0 Å². The lowest BCUT2D eigenvalue weighted by Crippen LogP contribution is -2.38. The average Bonchev–Trinajstić information content (AvgIpc) is 3.71. The quantitative estimate of drug-likeness (QED) is 0.115. The Kier molecular flexibility index (Phi) is 9.40. The van der Waals surface area contributed by atoms with E-state index < -0.39 is 11.8 Å². The van der Waals surface area contributed by atoms with Gasteiger partial charge in [0.15, 0.2) is 5.78 Å². The Labute approximate surface area is 321 Å². The molecule has 260 valence electrons. The van der Waals surface area contributed by atoms with Crippen LogP contribution in [0.5, 0.6) is 0 Å². The van der Waals surface area contributed by atoms with Gasteiger partial charge in [-0.2, -0.15) is 0 Å². The van der Waals surface area contributed by atoms with E-state index in [1.165, 1.54) is 9.80 Å². The van der Waals surface area contributed by atoms with Crippen molar-refractivity contribution in [3.8, 4) is 0 Å². The van der Waals surface area contributed by atoms with Crippen LogP contribution in [0.2, 0.25) is 10.0 Å². The minimum atomic E-state index is -0.476. The van der Waals surface area contributed by atoms with Gasteiger partial charge >= 0.3 is 0 Å². The van der Waals surface area contributed by atoms with Crippen molar-refractivity contribution in [3.63, 3.8) is 0 Å². The second kappa shape index (κ2) is 14.8. The molecular formula is C45H28Cl2N4O3. The monoisotopic (exact) mass is 742 g/mol. The number of hydrogen-bond acceptors (Lipinski definition) is 5. The summed E-state index contributed by atoms with van der Waals surface area (Å²) >= 11 is 13.0. The predicted octanol–water partition coefficient (Wildman–Crippen LogP) is 9.89. The lowest BCUT2D eigenvalue weighted by atomic mass is 10.0. The molecule has 0 aromatic heterocycles. The zero-order chi connectivity index (χ0) is 37.2. The molecule has 6 aromatic rings. The maximum absolute atomic E-state index is 14.8. The molecule has 7 nitrogen and oxygen atoms in total. The molecule has 6 aromatic carbocycles. The van der Waals surface area contributed by atoms with Crippen molar-refractivity contribution in [1.29, 1.82) is 0 Å². The standard InChI is InChI=1S/C45H28Cl2N4O3/c46-35-22-12-10-20-32(35)26-37-44(53)50(42(48-37)30-16-6-2-7-17-30)39-25-24-34(41(52)29-14-4-1-5-15-29)28-40(39)51-43(31-18-8-3-9-19-31)49-38(45(51)54)27-33-21-11-13-23-36(33)47/h1-28H/b37-26-,38-27-. The van der Waals surface area contributed by atoms with Crippen LogP contribution in [0.25, 0.3) is 12.2 Å². The molecule has 2 aliphatic heterocycles. The zero-order valence-electron chi connectivity index (χ0n) is 28.4. The minimum absolute atomic E-state index is 0.122. The van der Waals surface area contributed by atoms with Gasteiger partial charge in [-0.3, -0.25) is 24.2 Å². The summed E-state index contributed by atoms with van der Waals surface area (Å²) in [5.74, 6) is -0.547. The highest BCUT2D eigenvalue weighted by Gasteiger charge is 2.40. The summed E-state index contributed by atoms with van der Waals surface area (Å²) in [6.07, 6.45) is 3.28. The van der Waals surface area contributed by atoms with Crippen LogP contribution in [0.1, 0.15) is 38.2 Å². The van der Waals surface area contributed by atoms with Crippen LogP contribution >= 0.6 is 23.2 Å². The normalized spacial score (nSPS) is 15.6. The van der Waals surface area contributed by atoms with E-state index in [9.17, 15) is 14.4 Å². The summed E-state index contributed by atoms with van der Waals surface area (Å²) in [4.78, 5) is 56.0. The fourth-order valence-electron chi connectivity index (χ4n) is 6.31. The number of carbonyl (C=O) groups excluding carboxylic acids is 3. The van der Waals surface area contributed by atoms with Crippen molar-refractivity contribution in [1.82, 2.24) is 0 Å². The van der Waals surface area contributed by atoms with Crippen LogP contribution in [0, 0.1) is 0 Å². The molecule has 0 N–H and O–H groups in total. The number of amidine groups is 2. The van der Waals surface area contributed by atoms with Gasteiger partial charge in [0.25, 0.3) is 11.8 Å². The molecule has 0 atom stereocenters. The number of amides is 2. The largest absolute Gasteiger partial charge is 0.289 e. The first kappa shape index (κ1) is 34.4. The Morgan fingerprint density at radius 1 is 0.481 bits per heavy atom. The van der Waals surface area contributed by atoms with Crippen molar-refractivity contribution in [2.45, 2.75) is 0 Å². The van der Waals surface area contributed by atoms with Gasteiger partial charge in [0.1, 0.15) is 23.1 Å². The lowest BCUT2D eigenvalue weighted by Gasteiger charge is -2.27. The van der Waals surface area contributed by atoms with E-state index in [-0.39, 0.29) is 22.9 Å². The Balaban J connectivity index is 1.35. The predicted molar refractivity (Wildman–Crippen MR) is 216 cm³/mol. The van der Waals surface area contributed by atoms with E-state index in [2.05, 4.69) is 0 Å². The molecule has 2 aliphatic rings. The molecule has 0 unspecified atom stereocenters. The molecule has 0 spiro atoms. The van der Waals surface area contributed by atoms with E-state index in [0.717, 1.165) is 0 Å². The molecule has 0 saturated heterocycles. The third kappa shape index (κ3) is 6.58. The van der Waals surface area contributed by atoms with Gasteiger partial charge in [0, 0.05) is 32.3 Å². The smallest absolute Gasteiger partial charge is 0.282 e. The number of carbonyl (C=O) groups is 3. The lowest BCUT2D eigenvalue weighted by molar-refractivity contribution is -0.114. The van der Waals surface area contributed by atoms with Crippen LogP contribution in [0.3, 0.4) is 0 Å². The fraction of sp³-hybridized carbons (Fsp3) is 0. The highest BCUT2D eigenvalue weighted by Crippen LogP contribution is 2.40. The number of anilines is 2. The molecular weight excluding hydrogens is 715 g/mol. The van der Waals surface area contributed by atoms with E-state index in [0.29, 0.717) is 60.8 Å². The third-order valence-electron chi connectivity index (χ3n) is 8.93. The van der Waals surface area contributed by atoms with Crippen molar-refractivity contribution >= 4 is 76.0 Å². The number of halogens is 2. The van der Waals surface area contributed by atoms with Crippen molar-refractivity contribution in [2.24, 2.45) is 9.98 Å². The molecule has 2 amide bonds. The van der Waals surface area contributed by atoms with E-state index in [1.807, 2.05) is 84.9 Å². The van der Waals surface area contributed by atoms with Gasteiger partial charge < -0.3 is 0 Å². The summed E-state index contributed by atoms with van der Waals surface area (Å²) in [5, 5.41) is 0.912. The number of aliphatic imine (C=N–C) groups is 2. The molecule has 0 fully saturated rings. The Bertz CT molecular complexity index is 2580. The number of hydrogen-bond donors (Lipinski definition) is 0. The first-order chi connectivity index (χ1) is 26.4. The van der Waals surface area contributed by atoms with Crippen molar-refractivity contribution < 1.29 is 14.4 Å².